The zero-order valence-corrected chi connectivity index (χ0v) is 11.7. The van der Waals surface area contributed by atoms with E-state index in [-0.39, 0.29) is 22.1 Å². The molecular formula is C13H12FN3O2S. The maximum Gasteiger partial charge on any atom is 0.278 e. The average Bonchev–Trinajstić information content (AvgIpc) is 2.89. The van der Waals surface area contributed by atoms with Crippen LogP contribution in [0.2, 0.25) is 0 Å². The molecule has 2 aromatic rings. The van der Waals surface area contributed by atoms with E-state index in [4.69, 9.17) is 14.4 Å². The maximum atomic E-state index is 13.5. The van der Waals surface area contributed by atoms with E-state index in [0.717, 1.165) is 11.8 Å². The van der Waals surface area contributed by atoms with E-state index in [0.29, 0.717) is 0 Å². The lowest BCUT2D eigenvalue weighted by atomic mass is 10.3. The van der Waals surface area contributed by atoms with E-state index in [1.807, 2.05) is 0 Å². The molecule has 20 heavy (non-hydrogen) atoms. The van der Waals surface area contributed by atoms with Gasteiger partial charge in [-0.05, 0) is 37.7 Å². The van der Waals surface area contributed by atoms with Crippen LogP contribution in [0.5, 0.6) is 5.75 Å². The summed E-state index contributed by atoms with van der Waals surface area (Å²) in [4.78, 5) is 0. The molecule has 104 valence electrons. The van der Waals surface area contributed by atoms with Gasteiger partial charge >= 0.3 is 0 Å². The van der Waals surface area contributed by atoms with Crippen LogP contribution in [0.15, 0.2) is 33.9 Å². The molecule has 1 aromatic heterocycles. The van der Waals surface area contributed by atoms with Crippen molar-refractivity contribution in [3.8, 4) is 11.8 Å². The van der Waals surface area contributed by atoms with E-state index in [1.165, 1.54) is 12.1 Å². The van der Waals surface area contributed by atoms with Crippen molar-refractivity contribution in [2.45, 2.75) is 30.4 Å². The van der Waals surface area contributed by atoms with Crippen molar-refractivity contribution < 1.29 is 13.5 Å². The molecule has 1 aromatic carbocycles. The Hall–Kier alpha value is -2.07. The quantitative estimate of drug-likeness (QED) is 0.787. The topological polar surface area (TPSA) is 71.9 Å². The fourth-order valence-electron chi connectivity index (χ4n) is 1.39. The summed E-state index contributed by atoms with van der Waals surface area (Å²) >= 11 is 1.16. The van der Waals surface area contributed by atoms with E-state index < -0.39 is 11.9 Å². The number of para-hydroxylation sites is 1. The van der Waals surface area contributed by atoms with Crippen molar-refractivity contribution in [3.63, 3.8) is 0 Å². The molecular weight excluding hydrogens is 281 g/mol. The molecule has 0 aliphatic carbocycles. The van der Waals surface area contributed by atoms with Gasteiger partial charge in [0.1, 0.15) is 0 Å². The number of rotatable bonds is 5. The minimum absolute atomic E-state index is 0.123. The molecule has 0 bridgehead atoms. The van der Waals surface area contributed by atoms with Crippen molar-refractivity contribution in [2.24, 2.45) is 0 Å². The molecule has 0 fully saturated rings. The Morgan fingerprint density at radius 2 is 2.10 bits per heavy atom. The fourth-order valence-corrected chi connectivity index (χ4v) is 1.97. The molecule has 0 radical (unpaired) electrons. The van der Waals surface area contributed by atoms with Gasteiger partial charge in [-0.2, -0.15) is 5.26 Å². The van der Waals surface area contributed by atoms with Gasteiger partial charge in [0.25, 0.3) is 11.1 Å². The van der Waals surface area contributed by atoms with E-state index >= 15 is 0 Å². The Labute approximate surface area is 119 Å². The van der Waals surface area contributed by atoms with Gasteiger partial charge < -0.3 is 9.15 Å². The number of halogens is 1. The van der Waals surface area contributed by atoms with Crippen LogP contribution in [0.3, 0.4) is 0 Å². The molecule has 1 heterocycles. The first-order chi connectivity index (χ1) is 9.60. The van der Waals surface area contributed by atoms with Crippen LogP contribution in [0.1, 0.15) is 25.8 Å². The highest BCUT2D eigenvalue weighted by molar-refractivity contribution is 7.99. The normalized spacial score (nSPS) is 13.5. The Bertz CT molecular complexity index is 626. The minimum atomic E-state index is -0.578. The standard InChI is InChI=1S/C13H12FN3O2S/c1-8(7-15)20-13-17-16-12(19-13)9(2)18-11-6-4-3-5-10(11)14/h3-6,8-9H,1-2H3/t8-,9+/m0/s1. The first-order valence-corrected chi connectivity index (χ1v) is 6.79. The number of ether oxygens (including phenoxy) is 1. The zero-order valence-electron chi connectivity index (χ0n) is 10.9. The van der Waals surface area contributed by atoms with Gasteiger partial charge in [0.2, 0.25) is 0 Å². The van der Waals surface area contributed by atoms with Crippen LogP contribution < -0.4 is 4.74 Å². The molecule has 0 aliphatic rings. The second kappa shape index (κ2) is 6.39. The van der Waals surface area contributed by atoms with Gasteiger partial charge in [-0.15, -0.1) is 10.2 Å². The molecule has 0 saturated carbocycles. The van der Waals surface area contributed by atoms with Crippen molar-refractivity contribution in [1.82, 2.24) is 10.2 Å². The van der Waals surface area contributed by atoms with Crippen LogP contribution in [0.25, 0.3) is 0 Å². The van der Waals surface area contributed by atoms with E-state index in [1.54, 1.807) is 26.0 Å². The molecule has 7 heteroatoms. The van der Waals surface area contributed by atoms with E-state index in [2.05, 4.69) is 16.3 Å². The van der Waals surface area contributed by atoms with Crippen molar-refractivity contribution in [3.05, 3.63) is 36.0 Å². The average molecular weight is 293 g/mol. The molecule has 2 rings (SSSR count). The Morgan fingerprint density at radius 3 is 2.80 bits per heavy atom. The van der Waals surface area contributed by atoms with Crippen LogP contribution >= 0.6 is 11.8 Å². The number of hydrogen-bond acceptors (Lipinski definition) is 6. The molecule has 0 amide bonds. The third-order valence-corrected chi connectivity index (χ3v) is 3.20. The number of aromatic nitrogens is 2. The second-order valence-corrected chi connectivity index (χ2v) is 5.28. The summed E-state index contributed by atoms with van der Waals surface area (Å²) in [6.07, 6.45) is -0.578. The molecule has 5 nitrogen and oxygen atoms in total. The van der Waals surface area contributed by atoms with Crippen molar-refractivity contribution in [1.29, 1.82) is 5.26 Å². The third kappa shape index (κ3) is 3.48. The predicted molar refractivity (Wildman–Crippen MR) is 70.7 cm³/mol. The highest BCUT2D eigenvalue weighted by Gasteiger charge is 2.18. The molecule has 2 atom stereocenters. The van der Waals surface area contributed by atoms with Gasteiger partial charge in [-0.1, -0.05) is 12.1 Å². The van der Waals surface area contributed by atoms with E-state index in [9.17, 15) is 4.39 Å². The number of nitrogens with zero attached hydrogens (tertiary/aromatic N) is 3. The van der Waals surface area contributed by atoms with Crippen LogP contribution in [0.4, 0.5) is 4.39 Å². The molecule has 0 N–H and O–H groups in total. The first kappa shape index (κ1) is 14.3. The van der Waals surface area contributed by atoms with Crippen LogP contribution in [-0.2, 0) is 0 Å². The lowest BCUT2D eigenvalue weighted by molar-refractivity contribution is 0.174. The van der Waals surface area contributed by atoms with Gasteiger partial charge in [-0.3, -0.25) is 0 Å². The number of hydrogen-bond donors (Lipinski definition) is 0. The first-order valence-electron chi connectivity index (χ1n) is 5.91. The minimum Gasteiger partial charge on any atom is -0.478 e. The van der Waals surface area contributed by atoms with Gasteiger partial charge in [0.15, 0.2) is 17.7 Å². The van der Waals surface area contributed by atoms with Crippen molar-refractivity contribution >= 4 is 11.8 Å². The molecule has 0 spiro atoms. The Balaban J connectivity index is 2.05. The zero-order chi connectivity index (χ0) is 14.5. The largest absolute Gasteiger partial charge is 0.478 e. The lowest BCUT2D eigenvalue weighted by Gasteiger charge is -2.11. The Morgan fingerprint density at radius 1 is 1.35 bits per heavy atom. The highest BCUT2D eigenvalue weighted by Crippen LogP contribution is 2.26. The molecule has 0 aliphatic heterocycles. The highest BCUT2D eigenvalue weighted by atomic mass is 32.2. The maximum absolute atomic E-state index is 13.5. The van der Waals surface area contributed by atoms with Crippen LogP contribution in [0, 0.1) is 17.1 Å². The Kier molecular flexibility index (Phi) is 4.58. The summed E-state index contributed by atoms with van der Waals surface area (Å²) in [5.74, 6) is -0.0924. The monoisotopic (exact) mass is 293 g/mol. The number of thioether (sulfide) groups is 1. The van der Waals surface area contributed by atoms with Crippen molar-refractivity contribution in [2.75, 3.05) is 0 Å². The summed E-state index contributed by atoms with van der Waals surface area (Å²) in [6.45, 7) is 3.41. The molecule has 0 unspecified atom stereocenters. The SMILES string of the molecule is C[C@@H](C#N)Sc1nnc([C@@H](C)Oc2ccccc2F)o1. The summed E-state index contributed by atoms with van der Waals surface area (Å²) in [7, 11) is 0. The summed E-state index contributed by atoms with van der Waals surface area (Å²) < 4.78 is 24.3. The number of nitriles is 1. The predicted octanol–water partition coefficient (Wildman–Crippen LogP) is 3.35. The fraction of sp³-hybridized carbons (Fsp3) is 0.308. The second-order valence-electron chi connectivity index (χ2n) is 3.99. The number of benzene rings is 1. The smallest absolute Gasteiger partial charge is 0.278 e. The van der Waals surface area contributed by atoms with Gasteiger partial charge in [0.05, 0.1) is 11.3 Å². The summed E-state index contributed by atoms with van der Waals surface area (Å²) in [5.41, 5.74) is 0. The van der Waals surface area contributed by atoms with Gasteiger partial charge in [0, 0.05) is 0 Å². The lowest BCUT2D eigenvalue weighted by Crippen LogP contribution is -2.04. The van der Waals surface area contributed by atoms with Crippen LogP contribution in [-0.4, -0.2) is 15.4 Å². The molecule has 0 saturated heterocycles. The van der Waals surface area contributed by atoms with Gasteiger partial charge in [-0.25, -0.2) is 4.39 Å². The third-order valence-electron chi connectivity index (χ3n) is 2.37. The summed E-state index contributed by atoms with van der Waals surface area (Å²) in [5, 5.41) is 16.4. The summed E-state index contributed by atoms with van der Waals surface area (Å²) in [6, 6.07) is 8.14.